The van der Waals surface area contributed by atoms with Gasteiger partial charge in [-0.25, -0.2) is 4.90 Å². The van der Waals surface area contributed by atoms with Crippen molar-refractivity contribution in [1.29, 1.82) is 0 Å². The van der Waals surface area contributed by atoms with Crippen LogP contribution in [0.4, 0.5) is 11.4 Å². The molecule has 1 heterocycles. The summed E-state index contributed by atoms with van der Waals surface area (Å²) >= 11 is 12.0. The summed E-state index contributed by atoms with van der Waals surface area (Å²) in [5, 5.41) is 3.91. The average Bonchev–Trinajstić information content (AvgIpc) is 2.78. The third-order valence-corrected chi connectivity index (χ3v) is 4.56. The second kappa shape index (κ2) is 6.46. The van der Waals surface area contributed by atoms with Gasteiger partial charge in [-0.15, -0.1) is 0 Å². The van der Waals surface area contributed by atoms with E-state index >= 15 is 0 Å². The zero-order chi connectivity index (χ0) is 17.4. The highest BCUT2D eigenvalue weighted by atomic mass is 35.5. The van der Waals surface area contributed by atoms with E-state index in [0.717, 1.165) is 21.7 Å². The average molecular weight is 363 g/mol. The Morgan fingerprint density at radius 2 is 1.83 bits per heavy atom. The van der Waals surface area contributed by atoms with Crippen LogP contribution in [0.25, 0.3) is 0 Å². The van der Waals surface area contributed by atoms with Gasteiger partial charge >= 0.3 is 0 Å². The van der Waals surface area contributed by atoms with Gasteiger partial charge in [0.05, 0.1) is 17.1 Å². The molecule has 0 saturated carbocycles. The molecule has 2 aromatic carbocycles. The smallest absolute Gasteiger partial charge is 0.256 e. The molecule has 3 rings (SSSR count). The number of benzene rings is 2. The quantitative estimate of drug-likeness (QED) is 0.825. The lowest BCUT2D eigenvalue weighted by molar-refractivity contribution is -0.121. The van der Waals surface area contributed by atoms with E-state index in [1.165, 1.54) is 6.07 Å². The minimum atomic E-state index is -0.607. The molecule has 1 fully saturated rings. The molecule has 0 spiro atoms. The Bertz CT molecular complexity index is 836. The Balaban J connectivity index is 1.87. The van der Waals surface area contributed by atoms with Gasteiger partial charge in [0, 0.05) is 10.7 Å². The van der Waals surface area contributed by atoms with E-state index < -0.39 is 6.04 Å². The molecular formula is C18H16Cl2N2O2. The van der Waals surface area contributed by atoms with Crippen molar-refractivity contribution in [3.8, 4) is 0 Å². The van der Waals surface area contributed by atoms with Gasteiger partial charge < -0.3 is 5.32 Å². The Hall–Kier alpha value is -2.04. The van der Waals surface area contributed by atoms with E-state index in [2.05, 4.69) is 5.32 Å². The number of imide groups is 1. The molecule has 4 nitrogen and oxygen atoms in total. The maximum absolute atomic E-state index is 12.7. The lowest BCUT2D eigenvalue weighted by Crippen LogP contribution is -2.35. The summed E-state index contributed by atoms with van der Waals surface area (Å²) in [6.45, 7) is 3.93. The first-order valence-electron chi connectivity index (χ1n) is 7.52. The third kappa shape index (κ3) is 3.12. The Morgan fingerprint density at radius 3 is 2.54 bits per heavy atom. The van der Waals surface area contributed by atoms with Gasteiger partial charge in [0.2, 0.25) is 5.91 Å². The molecule has 24 heavy (non-hydrogen) atoms. The van der Waals surface area contributed by atoms with Crippen molar-refractivity contribution in [1.82, 2.24) is 0 Å². The Labute approximate surface area is 150 Å². The van der Waals surface area contributed by atoms with Gasteiger partial charge in [-0.2, -0.15) is 0 Å². The number of aryl methyl sites for hydroxylation is 2. The lowest BCUT2D eigenvalue weighted by atomic mass is 10.1. The predicted molar refractivity (Wildman–Crippen MR) is 96.9 cm³/mol. The summed E-state index contributed by atoms with van der Waals surface area (Å²) in [6.07, 6.45) is 0.0885. The van der Waals surface area contributed by atoms with Crippen LogP contribution >= 0.6 is 23.2 Å². The minimum absolute atomic E-state index is 0.0885. The molecule has 1 aliphatic rings. The van der Waals surface area contributed by atoms with Crippen molar-refractivity contribution in [3.05, 3.63) is 57.6 Å². The maximum Gasteiger partial charge on any atom is 0.256 e. The van der Waals surface area contributed by atoms with Crippen LogP contribution in [0.15, 0.2) is 36.4 Å². The van der Waals surface area contributed by atoms with E-state index in [1.807, 2.05) is 32.0 Å². The van der Waals surface area contributed by atoms with Crippen molar-refractivity contribution in [2.45, 2.75) is 26.3 Å². The molecule has 1 aliphatic heterocycles. The van der Waals surface area contributed by atoms with Gasteiger partial charge in [-0.3, -0.25) is 9.59 Å². The summed E-state index contributed by atoms with van der Waals surface area (Å²) in [7, 11) is 0. The van der Waals surface area contributed by atoms with E-state index in [9.17, 15) is 9.59 Å². The minimum Gasteiger partial charge on any atom is -0.373 e. The van der Waals surface area contributed by atoms with E-state index in [0.29, 0.717) is 10.7 Å². The van der Waals surface area contributed by atoms with Crippen LogP contribution in [0.3, 0.4) is 0 Å². The molecule has 0 aromatic heterocycles. The SMILES string of the molecule is Cc1ccc(C)c(NC2CC(=O)N(c3ccc(Cl)cc3Cl)C2=O)c1. The summed E-state index contributed by atoms with van der Waals surface area (Å²) in [5.74, 6) is -0.600. The summed E-state index contributed by atoms with van der Waals surface area (Å²) in [4.78, 5) is 26.2. The molecule has 6 heteroatoms. The maximum atomic E-state index is 12.7. The highest BCUT2D eigenvalue weighted by Crippen LogP contribution is 2.33. The topological polar surface area (TPSA) is 49.4 Å². The fourth-order valence-corrected chi connectivity index (χ4v) is 3.23. The standard InChI is InChI=1S/C18H16Cl2N2O2/c1-10-3-4-11(2)14(7-10)21-15-9-17(23)22(18(15)24)16-6-5-12(19)8-13(16)20/h3-8,15,21H,9H2,1-2H3. The lowest BCUT2D eigenvalue weighted by Gasteiger charge is -2.18. The van der Waals surface area contributed by atoms with Crippen molar-refractivity contribution < 1.29 is 9.59 Å². The summed E-state index contributed by atoms with van der Waals surface area (Å²) < 4.78 is 0. The number of rotatable bonds is 3. The van der Waals surface area contributed by atoms with E-state index in [1.54, 1.807) is 12.1 Å². The van der Waals surface area contributed by atoms with Gasteiger partial charge in [0.1, 0.15) is 6.04 Å². The Morgan fingerprint density at radius 1 is 1.08 bits per heavy atom. The molecule has 1 unspecified atom stereocenters. The van der Waals surface area contributed by atoms with E-state index in [-0.39, 0.29) is 23.3 Å². The number of carbonyl (C=O) groups is 2. The number of hydrogen-bond acceptors (Lipinski definition) is 3. The van der Waals surface area contributed by atoms with Gasteiger partial charge in [0.15, 0.2) is 0 Å². The van der Waals surface area contributed by atoms with Crippen LogP contribution in [0.5, 0.6) is 0 Å². The first-order valence-corrected chi connectivity index (χ1v) is 8.28. The van der Waals surface area contributed by atoms with Gasteiger partial charge in [0.25, 0.3) is 5.91 Å². The number of amides is 2. The van der Waals surface area contributed by atoms with Gasteiger partial charge in [-0.05, 0) is 49.2 Å². The second-order valence-corrected chi connectivity index (χ2v) is 6.73. The number of halogens is 2. The first kappa shape index (κ1) is 16.8. The fourth-order valence-electron chi connectivity index (χ4n) is 2.74. The first-order chi connectivity index (χ1) is 11.4. The summed E-state index contributed by atoms with van der Waals surface area (Å²) in [6, 6.07) is 10.0. The number of nitrogens with zero attached hydrogens (tertiary/aromatic N) is 1. The number of carbonyl (C=O) groups excluding carboxylic acids is 2. The number of nitrogens with one attached hydrogen (secondary N) is 1. The van der Waals surface area contributed by atoms with Crippen LogP contribution < -0.4 is 10.2 Å². The fraction of sp³-hybridized carbons (Fsp3) is 0.222. The highest BCUT2D eigenvalue weighted by molar-refractivity contribution is 6.38. The molecule has 124 valence electrons. The largest absolute Gasteiger partial charge is 0.373 e. The molecule has 1 atom stereocenters. The van der Waals surface area contributed by atoms with Crippen molar-refractivity contribution in [3.63, 3.8) is 0 Å². The molecule has 1 saturated heterocycles. The molecule has 0 aliphatic carbocycles. The predicted octanol–water partition coefficient (Wildman–Crippen LogP) is 4.35. The zero-order valence-corrected chi connectivity index (χ0v) is 14.8. The van der Waals surface area contributed by atoms with Crippen molar-refractivity contribution in [2.24, 2.45) is 0 Å². The van der Waals surface area contributed by atoms with Gasteiger partial charge in [-0.1, -0.05) is 35.3 Å². The highest BCUT2D eigenvalue weighted by Gasteiger charge is 2.40. The normalized spacial score (nSPS) is 17.5. The molecule has 2 aromatic rings. The van der Waals surface area contributed by atoms with Crippen LogP contribution in [-0.4, -0.2) is 17.9 Å². The zero-order valence-electron chi connectivity index (χ0n) is 13.3. The van der Waals surface area contributed by atoms with E-state index in [4.69, 9.17) is 23.2 Å². The molecule has 1 N–H and O–H groups in total. The summed E-state index contributed by atoms with van der Waals surface area (Å²) in [5.41, 5.74) is 3.31. The van der Waals surface area contributed by atoms with Crippen molar-refractivity contribution >= 4 is 46.4 Å². The molecule has 2 amide bonds. The molecule has 0 radical (unpaired) electrons. The third-order valence-electron chi connectivity index (χ3n) is 4.02. The number of anilines is 2. The van der Waals surface area contributed by atoms with Crippen LogP contribution in [0, 0.1) is 13.8 Å². The van der Waals surface area contributed by atoms with Crippen molar-refractivity contribution in [2.75, 3.05) is 10.2 Å². The Kier molecular flexibility index (Phi) is 4.52. The monoisotopic (exact) mass is 362 g/mol. The number of hydrogen-bond donors (Lipinski definition) is 1. The van der Waals surface area contributed by atoms with Crippen LogP contribution in [0.1, 0.15) is 17.5 Å². The van der Waals surface area contributed by atoms with Crippen LogP contribution in [0.2, 0.25) is 10.0 Å². The second-order valence-electron chi connectivity index (χ2n) is 5.88. The molecular weight excluding hydrogens is 347 g/mol. The van der Waals surface area contributed by atoms with Crippen LogP contribution in [-0.2, 0) is 9.59 Å². The molecule has 0 bridgehead atoms.